The number of alkyl carbamates (subject to hydrolysis) is 1. The van der Waals surface area contributed by atoms with Crippen LogP contribution in [0.4, 0.5) is 4.79 Å². The van der Waals surface area contributed by atoms with E-state index in [4.69, 9.17) is 4.74 Å². The molecule has 1 heterocycles. The summed E-state index contributed by atoms with van der Waals surface area (Å²) in [6.45, 7) is 4.57. The first-order valence-corrected chi connectivity index (χ1v) is 6.72. The first-order chi connectivity index (χ1) is 9.04. The summed E-state index contributed by atoms with van der Waals surface area (Å²) in [5.41, 5.74) is 0. The molecule has 1 rings (SSSR count). The first-order valence-electron chi connectivity index (χ1n) is 6.72. The van der Waals surface area contributed by atoms with Gasteiger partial charge in [0, 0.05) is 19.7 Å². The molecule has 19 heavy (non-hydrogen) atoms. The van der Waals surface area contributed by atoms with Gasteiger partial charge in [-0.3, -0.25) is 4.79 Å². The molecular weight excluding hydrogens is 248 g/mol. The number of nitrogens with zero attached hydrogens (tertiary/aromatic N) is 1. The molecule has 6 heteroatoms. The van der Waals surface area contributed by atoms with E-state index < -0.39 is 18.2 Å². The molecule has 1 aliphatic rings. The maximum absolute atomic E-state index is 12.5. The van der Waals surface area contributed by atoms with Gasteiger partial charge in [0.15, 0.2) is 0 Å². The lowest BCUT2D eigenvalue weighted by Crippen LogP contribution is -2.55. The van der Waals surface area contributed by atoms with Crippen LogP contribution in [-0.4, -0.2) is 55.9 Å². The van der Waals surface area contributed by atoms with E-state index in [1.165, 1.54) is 14.2 Å². The van der Waals surface area contributed by atoms with Crippen LogP contribution in [0.3, 0.4) is 0 Å². The van der Waals surface area contributed by atoms with Crippen molar-refractivity contribution in [1.29, 1.82) is 0 Å². The number of carbonyl (C=O) groups is 2. The monoisotopic (exact) mass is 272 g/mol. The second-order valence-corrected chi connectivity index (χ2v) is 4.79. The van der Waals surface area contributed by atoms with E-state index in [1.54, 1.807) is 6.92 Å². The van der Waals surface area contributed by atoms with E-state index in [0.717, 1.165) is 25.8 Å². The third-order valence-corrected chi connectivity index (χ3v) is 3.70. The molecule has 2 amide bonds. The summed E-state index contributed by atoms with van der Waals surface area (Å²) in [6, 6.07) is -0.442. The first kappa shape index (κ1) is 15.8. The van der Waals surface area contributed by atoms with Gasteiger partial charge in [-0.05, 0) is 26.2 Å². The highest BCUT2D eigenvalue weighted by molar-refractivity contribution is 5.86. The maximum Gasteiger partial charge on any atom is 0.407 e. The van der Waals surface area contributed by atoms with Gasteiger partial charge in [0.05, 0.1) is 13.2 Å². The molecule has 0 aromatic rings. The van der Waals surface area contributed by atoms with E-state index in [9.17, 15) is 9.59 Å². The smallest absolute Gasteiger partial charge is 0.407 e. The zero-order valence-electron chi connectivity index (χ0n) is 12.1. The SMILES string of the molecule is CC[C@@H]1CCCN1C(=O)[C@@H](NC(=O)OC)[C@H](C)OC. The minimum Gasteiger partial charge on any atom is -0.453 e. The maximum atomic E-state index is 12.5. The third-order valence-electron chi connectivity index (χ3n) is 3.70. The molecule has 0 radical (unpaired) electrons. The van der Waals surface area contributed by atoms with Crippen molar-refractivity contribution in [2.45, 2.75) is 51.3 Å². The number of amides is 2. The molecule has 0 aromatic carbocycles. The number of nitrogens with one attached hydrogen (secondary N) is 1. The topological polar surface area (TPSA) is 67.9 Å². The van der Waals surface area contributed by atoms with Crippen LogP contribution < -0.4 is 5.32 Å². The number of hydrogen-bond donors (Lipinski definition) is 1. The summed E-state index contributed by atoms with van der Waals surface area (Å²) in [5, 5.41) is 2.56. The van der Waals surface area contributed by atoms with E-state index in [-0.39, 0.29) is 11.9 Å². The van der Waals surface area contributed by atoms with Crippen molar-refractivity contribution in [1.82, 2.24) is 10.2 Å². The summed E-state index contributed by atoms with van der Waals surface area (Å²) in [6.07, 6.45) is 1.95. The highest BCUT2D eigenvalue weighted by atomic mass is 16.5. The van der Waals surface area contributed by atoms with Crippen molar-refractivity contribution < 1.29 is 19.1 Å². The summed E-state index contributed by atoms with van der Waals surface area (Å²) >= 11 is 0. The molecule has 0 bridgehead atoms. The van der Waals surface area contributed by atoms with Crippen molar-refractivity contribution in [3.8, 4) is 0 Å². The highest BCUT2D eigenvalue weighted by Crippen LogP contribution is 2.21. The van der Waals surface area contributed by atoms with Gasteiger partial charge in [-0.25, -0.2) is 4.79 Å². The van der Waals surface area contributed by atoms with Crippen LogP contribution in [0.15, 0.2) is 0 Å². The average Bonchev–Trinajstić information content (AvgIpc) is 2.91. The third kappa shape index (κ3) is 3.83. The lowest BCUT2D eigenvalue weighted by Gasteiger charge is -2.30. The number of likely N-dealkylation sites (tertiary alicyclic amines) is 1. The Kier molecular flexibility index (Phi) is 6.08. The van der Waals surface area contributed by atoms with Gasteiger partial charge in [-0.15, -0.1) is 0 Å². The fraction of sp³-hybridized carbons (Fsp3) is 0.846. The number of rotatable bonds is 5. The second-order valence-electron chi connectivity index (χ2n) is 4.79. The van der Waals surface area contributed by atoms with Crippen LogP contribution in [0.2, 0.25) is 0 Å². The van der Waals surface area contributed by atoms with Gasteiger partial charge in [-0.2, -0.15) is 0 Å². The molecule has 0 aliphatic carbocycles. The van der Waals surface area contributed by atoms with Gasteiger partial charge in [0.1, 0.15) is 6.04 Å². The Morgan fingerprint density at radius 1 is 1.42 bits per heavy atom. The van der Waals surface area contributed by atoms with Gasteiger partial charge in [-0.1, -0.05) is 6.92 Å². The zero-order valence-corrected chi connectivity index (χ0v) is 12.1. The predicted molar refractivity (Wildman–Crippen MR) is 70.8 cm³/mol. The molecule has 1 saturated heterocycles. The fourth-order valence-electron chi connectivity index (χ4n) is 2.43. The van der Waals surface area contributed by atoms with Gasteiger partial charge < -0.3 is 19.7 Å². The largest absolute Gasteiger partial charge is 0.453 e. The number of ether oxygens (including phenoxy) is 2. The summed E-state index contributed by atoms with van der Waals surface area (Å²) < 4.78 is 9.75. The van der Waals surface area contributed by atoms with Crippen LogP contribution in [0.25, 0.3) is 0 Å². The quantitative estimate of drug-likeness (QED) is 0.815. The number of methoxy groups -OCH3 is 2. The van der Waals surface area contributed by atoms with Crippen molar-refractivity contribution in [2.24, 2.45) is 0 Å². The Bertz CT molecular complexity index is 322. The molecule has 1 aliphatic heterocycles. The molecule has 0 spiro atoms. The molecule has 6 nitrogen and oxygen atoms in total. The van der Waals surface area contributed by atoms with Crippen molar-refractivity contribution >= 4 is 12.0 Å². The predicted octanol–water partition coefficient (Wildman–Crippen LogP) is 1.15. The van der Waals surface area contributed by atoms with E-state index >= 15 is 0 Å². The molecule has 0 saturated carbocycles. The zero-order chi connectivity index (χ0) is 14.4. The van der Waals surface area contributed by atoms with E-state index in [2.05, 4.69) is 17.0 Å². The van der Waals surface area contributed by atoms with Crippen LogP contribution >= 0.6 is 0 Å². The summed E-state index contributed by atoms with van der Waals surface area (Å²) in [7, 11) is 2.80. The van der Waals surface area contributed by atoms with Crippen molar-refractivity contribution in [2.75, 3.05) is 20.8 Å². The molecule has 3 atom stereocenters. The van der Waals surface area contributed by atoms with Crippen LogP contribution in [0.5, 0.6) is 0 Å². The van der Waals surface area contributed by atoms with Crippen LogP contribution in [0, 0.1) is 0 Å². The standard InChI is InChI=1S/C13H24N2O4/c1-5-10-7-6-8-15(10)12(16)11(9(2)18-3)14-13(17)19-4/h9-11H,5-8H2,1-4H3,(H,14,17)/t9-,10+,11-/m0/s1. The molecule has 0 aromatic heterocycles. The minimum absolute atomic E-state index is 0.0934. The molecule has 0 unspecified atom stereocenters. The molecular formula is C13H24N2O4. The Balaban J connectivity index is 2.78. The Morgan fingerprint density at radius 3 is 2.63 bits per heavy atom. The highest BCUT2D eigenvalue weighted by Gasteiger charge is 2.36. The molecule has 1 fully saturated rings. The lowest BCUT2D eigenvalue weighted by atomic mass is 10.1. The van der Waals surface area contributed by atoms with E-state index in [1.807, 2.05) is 4.90 Å². The van der Waals surface area contributed by atoms with Crippen LogP contribution in [-0.2, 0) is 14.3 Å². The minimum atomic E-state index is -0.704. The normalized spacial score (nSPS) is 21.9. The Morgan fingerprint density at radius 2 is 2.11 bits per heavy atom. The summed E-state index contributed by atoms with van der Waals surface area (Å²) in [5.74, 6) is -0.0934. The number of carbonyl (C=O) groups excluding carboxylic acids is 2. The van der Waals surface area contributed by atoms with Crippen LogP contribution in [0.1, 0.15) is 33.1 Å². The fourth-order valence-corrected chi connectivity index (χ4v) is 2.43. The van der Waals surface area contributed by atoms with Crippen molar-refractivity contribution in [3.05, 3.63) is 0 Å². The Hall–Kier alpha value is -1.30. The van der Waals surface area contributed by atoms with Crippen molar-refractivity contribution in [3.63, 3.8) is 0 Å². The van der Waals surface area contributed by atoms with Gasteiger partial charge in [0.2, 0.25) is 5.91 Å². The second kappa shape index (κ2) is 7.33. The average molecular weight is 272 g/mol. The van der Waals surface area contributed by atoms with Gasteiger partial charge >= 0.3 is 6.09 Å². The lowest BCUT2D eigenvalue weighted by molar-refractivity contribution is -0.137. The number of hydrogen-bond acceptors (Lipinski definition) is 4. The van der Waals surface area contributed by atoms with Gasteiger partial charge in [0.25, 0.3) is 0 Å². The van der Waals surface area contributed by atoms with E-state index in [0.29, 0.717) is 0 Å². The Labute approximate surface area is 114 Å². The summed E-state index contributed by atoms with van der Waals surface area (Å²) in [4.78, 5) is 25.7. The molecule has 110 valence electrons. The molecule has 1 N–H and O–H groups in total.